The highest BCUT2D eigenvalue weighted by Gasteiger charge is 2.58. The Balaban J connectivity index is 1.84. The van der Waals surface area contributed by atoms with Gasteiger partial charge in [-0.2, -0.15) is 0 Å². The average molecular weight is 442 g/mol. The van der Waals surface area contributed by atoms with Crippen LogP contribution in [-0.2, 0) is 22.7 Å². The Morgan fingerprint density at radius 2 is 1.52 bits per heavy atom. The fraction of sp³-hybridized carbons (Fsp3) is 0.375. The van der Waals surface area contributed by atoms with Gasteiger partial charge in [0.15, 0.2) is 17.2 Å². The number of hydrogen-bond donors (Lipinski definition) is 2. The molecule has 3 rings (SSSR count). The Kier molecular flexibility index (Phi) is 7.51. The van der Waals surface area contributed by atoms with Crippen LogP contribution in [0.1, 0.15) is 36.8 Å². The lowest BCUT2D eigenvalue weighted by molar-refractivity contribution is -0.845. The predicted octanol–water partition coefficient (Wildman–Crippen LogP) is 4.11. The molecule has 1 heterocycles. The first kappa shape index (κ1) is 23.0. The zero-order chi connectivity index (χ0) is 22.4. The summed E-state index contributed by atoms with van der Waals surface area (Å²) >= 11 is 4.80. The number of amides is 2. The van der Waals surface area contributed by atoms with E-state index >= 15 is 0 Å². The van der Waals surface area contributed by atoms with Crippen LogP contribution in [0.2, 0.25) is 0 Å². The molecule has 1 saturated heterocycles. The lowest BCUT2D eigenvalue weighted by Crippen LogP contribution is -2.50. The second-order valence-corrected chi connectivity index (χ2v) is 8.76. The number of unbranched alkanes of at least 4 members (excludes halogenated alkanes) is 1. The molecule has 2 aromatic carbocycles. The van der Waals surface area contributed by atoms with Crippen LogP contribution in [0.5, 0.6) is 0 Å². The van der Waals surface area contributed by atoms with Crippen molar-refractivity contribution in [2.75, 3.05) is 7.05 Å². The van der Waals surface area contributed by atoms with Crippen LogP contribution in [0, 0.1) is 0 Å². The maximum atomic E-state index is 13.6. The maximum absolute atomic E-state index is 13.6. The molecule has 1 aliphatic heterocycles. The number of ketones is 1. The molecule has 2 amide bonds. The van der Waals surface area contributed by atoms with Crippen LogP contribution in [-0.4, -0.2) is 50.7 Å². The Morgan fingerprint density at radius 3 is 2.10 bits per heavy atom. The summed E-state index contributed by atoms with van der Waals surface area (Å²) in [5.74, 6) is -0.932. The van der Waals surface area contributed by atoms with Gasteiger partial charge < -0.3 is 5.11 Å². The van der Waals surface area contributed by atoms with Crippen molar-refractivity contribution in [3.8, 4) is 0 Å². The summed E-state index contributed by atoms with van der Waals surface area (Å²) in [4.78, 5) is 39.2. The van der Waals surface area contributed by atoms with Gasteiger partial charge in [0.25, 0.3) is 0 Å². The summed E-state index contributed by atoms with van der Waals surface area (Å²) in [6.07, 6.45) is 1.20. The van der Waals surface area contributed by atoms with Gasteiger partial charge in [-0.1, -0.05) is 60.7 Å². The molecule has 1 aliphatic rings. The summed E-state index contributed by atoms with van der Waals surface area (Å²) in [6.45, 7) is 0.785. The van der Waals surface area contributed by atoms with Gasteiger partial charge in [-0.25, -0.2) is 9.28 Å². The second-order valence-electron chi connectivity index (χ2n) is 8.23. The van der Waals surface area contributed by atoms with E-state index < -0.39 is 17.4 Å². The number of carboxylic acids is 1. The SMILES string of the molecule is C[N+]1(Cc2ccccc2)C(=O)N(Cc2ccccc2)[C@H](C(=O)CCCCC(=O)O)[C@H]1S. The molecule has 7 heteroatoms. The first-order valence-electron chi connectivity index (χ1n) is 10.5. The van der Waals surface area contributed by atoms with Crippen LogP contribution in [0.15, 0.2) is 60.7 Å². The van der Waals surface area contributed by atoms with E-state index in [1.807, 2.05) is 67.7 Å². The van der Waals surface area contributed by atoms with Crippen molar-refractivity contribution in [1.82, 2.24) is 4.90 Å². The molecule has 0 radical (unpaired) electrons. The normalized spacial score (nSPS) is 23.2. The van der Waals surface area contributed by atoms with Crippen molar-refractivity contribution in [2.45, 2.75) is 50.2 Å². The molecule has 1 N–H and O–H groups in total. The van der Waals surface area contributed by atoms with E-state index in [0.29, 0.717) is 25.9 Å². The van der Waals surface area contributed by atoms with Crippen molar-refractivity contribution in [2.24, 2.45) is 0 Å². The van der Waals surface area contributed by atoms with Crippen LogP contribution in [0.25, 0.3) is 0 Å². The fourth-order valence-corrected chi connectivity index (χ4v) is 4.64. The first-order valence-corrected chi connectivity index (χ1v) is 11.0. The minimum Gasteiger partial charge on any atom is -0.481 e. The number of carbonyl (C=O) groups is 3. The summed E-state index contributed by atoms with van der Waals surface area (Å²) in [6, 6.07) is 18.6. The molecule has 164 valence electrons. The van der Waals surface area contributed by atoms with E-state index in [4.69, 9.17) is 17.7 Å². The Labute approximate surface area is 188 Å². The topological polar surface area (TPSA) is 74.7 Å². The van der Waals surface area contributed by atoms with Crippen molar-refractivity contribution >= 4 is 30.4 Å². The number of carboxylic acid groups (broad SMARTS) is 1. The molecular formula is C24H29N2O4S+. The molecular weight excluding hydrogens is 412 g/mol. The Morgan fingerprint density at radius 1 is 0.968 bits per heavy atom. The molecule has 2 aromatic rings. The first-order chi connectivity index (χ1) is 14.8. The summed E-state index contributed by atoms with van der Waals surface area (Å²) in [5, 5.41) is 8.32. The van der Waals surface area contributed by atoms with Gasteiger partial charge in [-0.3, -0.25) is 14.5 Å². The van der Waals surface area contributed by atoms with Crippen LogP contribution >= 0.6 is 12.6 Å². The van der Waals surface area contributed by atoms with Gasteiger partial charge in [0.2, 0.25) is 0 Å². The van der Waals surface area contributed by atoms with Crippen LogP contribution in [0.3, 0.4) is 0 Å². The number of hydrogen-bond acceptors (Lipinski definition) is 4. The molecule has 0 spiro atoms. The quantitative estimate of drug-likeness (QED) is 0.331. The number of Topliss-reactive ketones (excluding diaryl/α,β-unsaturated/α-hetero) is 1. The molecule has 1 unspecified atom stereocenters. The lowest BCUT2D eigenvalue weighted by Gasteiger charge is -2.30. The highest BCUT2D eigenvalue weighted by atomic mass is 32.1. The van der Waals surface area contributed by atoms with Crippen molar-refractivity contribution in [3.63, 3.8) is 0 Å². The lowest BCUT2D eigenvalue weighted by atomic mass is 10.0. The van der Waals surface area contributed by atoms with Crippen LogP contribution < -0.4 is 0 Å². The zero-order valence-electron chi connectivity index (χ0n) is 17.7. The Bertz CT molecular complexity index is 922. The predicted molar refractivity (Wildman–Crippen MR) is 121 cm³/mol. The number of urea groups is 1. The van der Waals surface area contributed by atoms with E-state index in [2.05, 4.69) is 0 Å². The standard InChI is InChI=1S/C24H28N2O4S/c1-26(17-19-12-6-3-7-13-19)23(31)22(20(27)14-8-9-15-21(28)29)25(24(26)30)16-18-10-4-2-5-11-18/h2-7,10-13,22-23H,8-9,14-17H2,1H3,(H-,28,29,31)/p+1/t22-,23-,26?/m1/s1. The number of likely N-dealkylation sites (N-methyl/N-ethyl adjacent to an activating group) is 1. The fourth-order valence-electron chi connectivity index (χ4n) is 4.13. The molecule has 0 saturated carbocycles. The van der Waals surface area contributed by atoms with E-state index in [0.717, 1.165) is 11.1 Å². The molecule has 3 atom stereocenters. The molecule has 6 nitrogen and oxygen atoms in total. The van der Waals surface area contributed by atoms with Gasteiger partial charge >= 0.3 is 12.0 Å². The number of aliphatic carboxylic acids is 1. The number of rotatable bonds is 10. The van der Waals surface area contributed by atoms with Crippen molar-refractivity contribution < 1.29 is 24.0 Å². The number of quaternary nitrogens is 1. The van der Waals surface area contributed by atoms with Gasteiger partial charge in [0, 0.05) is 18.4 Å². The minimum absolute atomic E-state index is 0.00545. The highest BCUT2D eigenvalue weighted by molar-refractivity contribution is 7.80. The van der Waals surface area contributed by atoms with E-state index in [1.54, 1.807) is 4.90 Å². The van der Waals surface area contributed by atoms with E-state index in [-0.39, 0.29) is 29.1 Å². The summed E-state index contributed by atoms with van der Waals surface area (Å²) < 4.78 is 0.00545. The summed E-state index contributed by atoms with van der Waals surface area (Å²) in [7, 11) is 1.84. The molecule has 0 aromatic heterocycles. The monoisotopic (exact) mass is 441 g/mol. The maximum Gasteiger partial charge on any atom is 0.421 e. The molecule has 0 bridgehead atoms. The second kappa shape index (κ2) is 10.1. The highest BCUT2D eigenvalue weighted by Crippen LogP contribution is 2.36. The molecule has 0 aliphatic carbocycles. The van der Waals surface area contributed by atoms with Gasteiger partial charge in [0.05, 0.1) is 13.6 Å². The Hall–Kier alpha value is -2.64. The largest absolute Gasteiger partial charge is 0.481 e. The minimum atomic E-state index is -0.867. The number of carbonyl (C=O) groups excluding carboxylic acids is 2. The van der Waals surface area contributed by atoms with Gasteiger partial charge in [-0.05, 0) is 18.4 Å². The third-order valence-electron chi connectivity index (χ3n) is 5.83. The van der Waals surface area contributed by atoms with Crippen molar-refractivity contribution in [3.05, 3.63) is 71.8 Å². The van der Waals surface area contributed by atoms with Crippen LogP contribution in [0.4, 0.5) is 4.79 Å². The molecule has 1 fully saturated rings. The zero-order valence-corrected chi connectivity index (χ0v) is 18.6. The number of benzene rings is 2. The number of thiol groups is 1. The third kappa shape index (κ3) is 5.35. The average Bonchev–Trinajstić information content (AvgIpc) is 2.93. The number of nitrogens with zero attached hydrogens (tertiary/aromatic N) is 2. The molecule has 31 heavy (non-hydrogen) atoms. The van der Waals surface area contributed by atoms with Gasteiger partial charge in [0.1, 0.15) is 6.54 Å². The van der Waals surface area contributed by atoms with E-state index in [1.165, 1.54) is 0 Å². The summed E-state index contributed by atoms with van der Waals surface area (Å²) in [5.41, 5.74) is 1.96. The van der Waals surface area contributed by atoms with Gasteiger partial charge in [-0.15, -0.1) is 12.6 Å². The third-order valence-corrected chi connectivity index (χ3v) is 6.62. The van der Waals surface area contributed by atoms with Crippen molar-refractivity contribution in [1.29, 1.82) is 0 Å². The van der Waals surface area contributed by atoms with E-state index in [9.17, 15) is 14.4 Å². The smallest absolute Gasteiger partial charge is 0.421 e.